The Hall–Kier alpha value is -3.00. The maximum absolute atomic E-state index is 12.7. The molecule has 3 rings (SSSR count). The SMILES string of the molecule is COc1cc(NC(=O)c2ccco2)c(C(=O)NCC2CCCN2)cc1OC. The van der Waals surface area contributed by atoms with E-state index < -0.39 is 5.91 Å². The molecule has 2 heterocycles. The third-order valence-corrected chi connectivity index (χ3v) is 4.43. The first-order chi connectivity index (χ1) is 13.1. The van der Waals surface area contributed by atoms with Gasteiger partial charge in [0.25, 0.3) is 11.8 Å². The number of carbonyl (C=O) groups is 2. The van der Waals surface area contributed by atoms with E-state index in [-0.39, 0.29) is 23.3 Å². The minimum absolute atomic E-state index is 0.145. The summed E-state index contributed by atoms with van der Waals surface area (Å²) in [5.74, 6) is 0.184. The van der Waals surface area contributed by atoms with Crippen molar-refractivity contribution in [1.29, 1.82) is 0 Å². The molecule has 1 unspecified atom stereocenters. The van der Waals surface area contributed by atoms with Gasteiger partial charge in [0.1, 0.15) is 0 Å². The zero-order chi connectivity index (χ0) is 19.2. The van der Waals surface area contributed by atoms with E-state index in [1.165, 1.54) is 20.5 Å². The Morgan fingerprint density at radius 2 is 2.00 bits per heavy atom. The lowest BCUT2D eigenvalue weighted by atomic mass is 10.1. The first-order valence-electron chi connectivity index (χ1n) is 8.75. The average Bonchev–Trinajstić information content (AvgIpc) is 3.39. The van der Waals surface area contributed by atoms with Gasteiger partial charge >= 0.3 is 0 Å². The Morgan fingerprint density at radius 1 is 1.22 bits per heavy atom. The molecular formula is C19H23N3O5. The van der Waals surface area contributed by atoms with Crippen molar-refractivity contribution in [3.05, 3.63) is 41.9 Å². The fourth-order valence-electron chi connectivity index (χ4n) is 3.00. The maximum Gasteiger partial charge on any atom is 0.291 e. The predicted octanol–water partition coefficient (Wildman–Crippen LogP) is 2.03. The Bertz CT molecular complexity index is 798. The van der Waals surface area contributed by atoms with Crippen LogP contribution in [-0.2, 0) is 0 Å². The van der Waals surface area contributed by atoms with Crippen LogP contribution in [0.4, 0.5) is 5.69 Å². The van der Waals surface area contributed by atoms with Crippen LogP contribution in [0.15, 0.2) is 34.9 Å². The molecule has 2 amide bonds. The van der Waals surface area contributed by atoms with E-state index in [0.717, 1.165) is 19.4 Å². The number of furan rings is 1. The van der Waals surface area contributed by atoms with Crippen LogP contribution < -0.4 is 25.4 Å². The normalized spacial score (nSPS) is 16.0. The Morgan fingerprint density at radius 3 is 2.63 bits per heavy atom. The van der Waals surface area contributed by atoms with Crippen LogP contribution in [0.25, 0.3) is 0 Å². The number of ether oxygens (including phenoxy) is 2. The molecule has 8 heteroatoms. The highest BCUT2D eigenvalue weighted by atomic mass is 16.5. The molecule has 1 aliphatic heterocycles. The van der Waals surface area contributed by atoms with E-state index in [1.807, 2.05) is 0 Å². The van der Waals surface area contributed by atoms with Crippen LogP contribution in [0.1, 0.15) is 33.8 Å². The largest absolute Gasteiger partial charge is 0.493 e. The topological polar surface area (TPSA) is 102 Å². The monoisotopic (exact) mass is 373 g/mol. The molecule has 0 spiro atoms. The number of rotatable bonds is 7. The quantitative estimate of drug-likeness (QED) is 0.686. The van der Waals surface area contributed by atoms with Gasteiger partial charge in [-0.1, -0.05) is 0 Å². The fourth-order valence-corrected chi connectivity index (χ4v) is 3.00. The Kier molecular flexibility index (Phi) is 5.97. The second kappa shape index (κ2) is 8.59. The van der Waals surface area contributed by atoms with Gasteiger partial charge in [0.2, 0.25) is 0 Å². The average molecular weight is 373 g/mol. The second-order valence-corrected chi connectivity index (χ2v) is 6.19. The van der Waals surface area contributed by atoms with Crippen molar-refractivity contribution in [1.82, 2.24) is 10.6 Å². The molecule has 144 valence electrons. The van der Waals surface area contributed by atoms with Crippen molar-refractivity contribution in [3.63, 3.8) is 0 Å². The highest BCUT2D eigenvalue weighted by molar-refractivity contribution is 6.08. The lowest BCUT2D eigenvalue weighted by molar-refractivity contribution is 0.0951. The van der Waals surface area contributed by atoms with Crippen molar-refractivity contribution >= 4 is 17.5 Å². The van der Waals surface area contributed by atoms with Gasteiger partial charge in [0.15, 0.2) is 17.3 Å². The molecule has 1 aromatic heterocycles. The standard InChI is InChI=1S/C19H23N3O5/c1-25-16-9-13(18(23)21-11-12-5-3-7-20-12)14(10-17(16)26-2)22-19(24)15-6-4-8-27-15/h4,6,8-10,12,20H,3,5,7,11H2,1-2H3,(H,21,23)(H,22,24). The summed E-state index contributed by atoms with van der Waals surface area (Å²) in [5, 5.41) is 8.94. The number of amides is 2. The van der Waals surface area contributed by atoms with Crippen LogP contribution in [-0.4, -0.2) is 45.2 Å². The summed E-state index contributed by atoms with van der Waals surface area (Å²) >= 11 is 0. The van der Waals surface area contributed by atoms with Crippen LogP contribution in [0, 0.1) is 0 Å². The van der Waals surface area contributed by atoms with E-state index in [2.05, 4.69) is 16.0 Å². The molecule has 1 saturated heterocycles. The van der Waals surface area contributed by atoms with E-state index in [0.29, 0.717) is 23.7 Å². The van der Waals surface area contributed by atoms with Crippen molar-refractivity contribution in [2.75, 3.05) is 32.6 Å². The molecule has 1 aliphatic rings. The number of methoxy groups -OCH3 is 2. The van der Waals surface area contributed by atoms with Gasteiger partial charge in [-0.2, -0.15) is 0 Å². The summed E-state index contributed by atoms with van der Waals surface area (Å²) in [6, 6.07) is 6.53. The van der Waals surface area contributed by atoms with Gasteiger partial charge in [0.05, 0.1) is 31.7 Å². The lowest BCUT2D eigenvalue weighted by Gasteiger charge is -2.16. The fraction of sp³-hybridized carbons (Fsp3) is 0.368. The van der Waals surface area contributed by atoms with Crippen molar-refractivity contribution in [3.8, 4) is 11.5 Å². The van der Waals surface area contributed by atoms with Gasteiger partial charge in [0, 0.05) is 18.7 Å². The smallest absolute Gasteiger partial charge is 0.291 e. The Balaban J connectivity index is 1.84. The van der Waals surface area contributed by atoms with Crippen molar-refractivity contribution < 1.29 is 23.5 Å². The van der Waals surface area contributed by atoms with E-state index in [1.54, 1.807) is 24.3 Å². The molecule has 1 aromatic carbocycles. The van der Waals surface area contributed by atoms with Crippen LogP contribution in [0.5, 0.6) is 11.5 Å². The number of benzene rings is 1. The molecule has 0 saturated carbocycles. The summed E-state index contributed by atoms with van der Waals surface area (Å²) in [6.45, 7) is 1.47. The number of carbonyl (C=O) groups excluding carboxylic acids is 2. The maximum atomic E-state index is 12.7. The number of nitrogens with one attached hydrogen (secondary N) is 3. The molecule has 2 aromatic rings. The lowest BCUT2D eigenvalue weighted by Crippen LogP contribution is -2.37. The van der Waals surface area contributed by atoms with Crippen LogP contribution in [0.3, 0.4) is 0 Å². The first-order valence-corrected chi connectivity index (χ1v) is 8.75. The number of hydrogen-bond acceptors (Lipinski definition) is 6. The zero-order valence-corrected chi connectivity index (χ0v) is 15.3. The van der Waals surface area contributed by atoms with Crippen molar-refractivity contribution in [2.45, 2.75) is 18.9 Å². The van der Waals surface area contributed by atoms with E-state index >= 15 is 0 Å². The summed E-state index contributed by atoms with van der Waals surface area (Å²) < 4.78 is 15.7. The molecule has 3 N–H and O–H groups in total. The second-order valence-electron chi connectivity index (χ2n) is 6.19. The van der Waals surface area contributed by atoms with Crippen molar-refractivity contribution in [2.24, 2.45) is 0 Å². The molecule has 8 nitrogen and oxygen atoms in total. The molecule has 0 bridgehead atoms. The summed E-state index contributed by atoms with van der Waals surface area (Å²) in [4.78, 5) is 25.1. The van der Waals surface area contributed by atoms with Gasteiger partial charge in [-0.3, -0.25) is 9.59 Å². The number of hydrogen-bond donors (Lipinski definition) is 3. The molecule has 0 radical (unpaired) electrons. The zero-order valence-electron chi connectivity index (χ0n) is 15.3. The molecule has 0 aliphatic carbocycles. The van der Waals surface area contributed by atoms with Gasteiger partial charge in [-0.15, -0.1) is 0 Å². The minimum Gasteiger partial charge on any atom is -0.493 e. The summed E-state index contributed by atoms with van der Waals surface area (Å²) in [6.07, 6.45) is 3.53. The third-order valence-electron chi connectivity index (χ3n) is 4.43. The highest BCUT2D eigenvalue weighted by Crippen LogP contribution is 2.33. The third kappa shape index (κ3) is 4.40. The van der Waals surface area contributed by atoms with E-state index in [4.69, 9.17) is 13.9 Å². The molecular weight excluding hydrogens is 350 g/mol. The summed E-state index contributed by atoms with van der Waals surface area (Å²) in [7, 11) is 2.98. The van der Waals surface area contributed by atoms with Crippen LogP contribution >= 0.6 is 0 Å². The summed E-state index contributed by atoms with van der Waals surface area (Å²) in [5.41, 5.74) is 0.594. The van der Waals surface area contributed by atoms with Gasteiger partial charge in [-0.25, -0.2) is 0 Å². The first kappa shape index (κ1) is 18.8. The number of anilines is 1. The van der Waals surface area contributed by atoms with Crippen LogP contribution in [0.2, 0.25) is 0 Å². The van der Waals surface area contributed by atoms with E-state index in [9.17, 15) is 9.59 Å². The molecule has 27 heavy (non-hydrogen) atoms. The molecule has 1 fully saturated rings. The highest BCUT2D eigenvalue weighted by Gasteiger charge is 2.21. The predicted molar refractivity (Wildman–Crippen MR) is 99.6 cm³/mol. The van der Waals surface area contributed by atoms with Gasteiger partial charge < -0.3 is 29.8 Å². The Labute approximate surface area is 157 Å². The van der Waals surface area contributed by atoms with Gasteiger partial charge in [-0.05, 0) is 37.6 Å². The minimum atomic E-state index is -0.460. The molecule has 1 atom stereocenters.